The van der Waals surface area contributed by atoms with E-state index < -0.39 is 0 Å². The number of nitrogens with two attached hydrogens (primary N) is 2. The molecule has 0 fully saturated rings. The molecule has 190 valence electrons. The highest BCUT2D eigenvalue weighted by Crippen LogP contribution is 2.14. The molecule has 0 amide bonds. The largest absolute Gasteiger partial charge is 0.321 e. The van der Waals surface area contributed by atoms with E-state index in [4.69, 9.17) is 11.5 Å². The van der Waals surface area contributed by atoms with Crippen molar-refractivity contribution in [2.24, 2.45) is 11.5 Å². The molecule has 0 rings (SSSR count). The molecule has 4 N–H and O–H groups in total. The molecule has 0 radical (unpaired) electrons. The van der Waals surface area contributed by atoms with Crippen LogP contribution in [0.4, 0.5) is 0 Å². The van der Waals surface area contributed by atoms with Crippen LogP contribution in [0.15, 0.2) is 0 Å². The lowest BCUT2D eigenvalue weighted by atomic mass is 10.1. The lowest BCUT2D eigenvalue weighted by Gasteiger charge is -2.09. The smallest absolute Gasteiger partial charge is 0.150 e. The molecule has 0 aliphatic heterocycles. The SMILES string of the molecule is CSCCC(N)C(=O)CCSCCCCCCCCCCSCCC(=O)C(N)CCSC. The number of Topliss-reactive ketones (excluding diaryl/α,β-unsaturated/α-hetero) is 2. The normalized spacial score (nSPS) is 13.2. The number of hydrogen-bond acceptors (Lipinski definition) is 8. The van der Waals surface area contributed by atoms with Crippen LogP contribution in [0.25, 0.3) is 0 Å². The molecule has 0 saturated heterocycles. The monoisotopic (exact) mass is 524 g/mol. The molecule has 4 nitrogen and oxygen atoms in total. The summed E-state index contributed by atoms with van der Waals surface area (Å²) in [6, 6.07) is -0.520. The van der Waals surface area contributed by atoms with Gasteiger partial charge in [-0.25, -0.2) is 0 Å². The minimum atomic E-state index is -0.260. The summed E-state index contributed by atoms with van der Waals surface area (Å²) in [4.78, 5) is 23.8. The van der Waals surface area contributed by atoms with E-state index in [9.17, 15) is 9.59 Å². The molecule has 0 spiro atoms. The Morgan fingerprint density at radius 3 is 1.25 bits per heavy atom. The fraction of sp³-hybridized carbons (Fsp3) is 0.917. The summed E-state index contributed by atoms with van der Waals surface area (Å²) in [6.45, 7) is 0. The Labute approximate surface area is 215 Å². The highest BCUT2D eigenvalue weighted by molar-refractivity contribution is 7.99. The fourth-order valence-electron chi connectivity index (χ4n) is 3.20. The first-order valence-corrected chi connectivity index (χ1v) is 17.3. The first kappa shape index (κ1) is 32.7. The van der Waals surface area contributed by atoms with Gasteiger partial charge in [-0.05, 0) is 61.2 Å². The van der Waals surface area contributed by atoms with Crippen molar-refractivity contribution < 1.29 is 9.59 Å². The number of unbranched alkanes of at least 4 members (excludes halogenated alkanes) is 7. The molecule has 2 atom stereocenters. The van der Waals surface area contributed by atoms with E-state index in [1.165, 1.54) is 51.4 Å². The molecule has 0 aromatic rings. The summed E-state index contributed by atoms with van der Waals surface area (Å²) >= 11 is 7.29. The van der Waals surface area contributed by atoms with Crippen LogP contribution in [-0.4, -0.2) is 70.7 Å². The summed E-state index contributed by atoms with van der Waals surface area (Å²) in [5.74, 6) is 6.55. The van der Waals surface area contributed by atoms with Crippen LogP contribution in [-0.2, 0) is 9.59 Å². The molecule has 0 aliphatic carbocycles. The predicted octanol–water partition coefficient (Wildman–Crippen LogP) is 5.65. The lowest BCUT2D eigenvalue weighted by Crippen LogP contribution is -2.31. The second kappa shape index (κ2) is 24.8. The zero-order valence-electron chi connectivity index (χ0n) is 20.5. The van der Waals surface area contributed by atoms with E-state index in [1.807, 2.05) is 36.0 Å². The average Bonchev–Trinajstić information content (AvgIpc) is 2.80. The van der Waals surface area contributed by atoms with Gasteiger partial charge in [0.15, 0.2) is 0 Å². The van der Waals surface area contributed by atoms with Crippen molar-refractivity contribution in [2.45, 2.75) is 89.1 Å². The number of rotatable bonds is 25. The van der Waals surface area contributed by atoms with Gasteiger partial charge in [0, 0.05) is 24.3 Å². The Balaban J connectivity index is 3.28. The maximum atomic E-state index is 11.9. The van der Waals surface area contributed by atoms with Crippen LogP contribution in [0, 0.1) is 0 Å². The molecule has 0 aliphatic rings. The molecule has 0 aromatic heterocycles. The average molecular weight is 525 g/mol. The van der Waals surface area contributed by atoms with Crippen molar-refractivity contribution in [1.82, 2.24) is 0 Å². The minimum absolute atomic E-state index is 0.226. The number of ketones is 2. The third-order valence-electron chi connectivity index (χ3n) is 5.41. The number of carbonyl (C=O) groups is 2. The van der Waals surface area contributed by atoms with Gasteiger partial charge in [0.05, 0.1) is 12.1 Å². The third-order valence-corrected chi connectivity index (χ3v) is 8.83. The molecular weight excluding hydrogens is 477 g/mol. The van der Waals surface area contributed by atoms with Crippen LogP contribution in [0.2, 0.25) is 0 Å². The fourth-order valence-corrected chi connectivity index (χ4v) is 6.10. The van der Waals surface area contributed by atoms with Crippen molar-refractivity contribution in [3.8, 4) is 0 Å². The highest BCUT2D eigenvalue weighted by Gasteiger charge is 2.13. The van der Waals surface area contributed by atoms with E-state index in [0.29, 0.717) is 12.8 Å². The maximum absolute atomic E-state index is 11.9. The van der Waals surface area contributed by atoms with Gasteiger partial charge < -0.3 is 11.5 Å². The van der Waals surface area contributed by atoms with Crippen molar-refractivity contribution in [2.75, 3.05) is 47.0 Å². The molecule has 0 heterocycles. The minimum Gasteiger partial charge on any atom is -0.321 e. The number of hydrogen-bond donors (Lipinski definition) is 2. The lowest BCUT2D eigenvalue weighted by molar-refractivity contribution is -0.120. The summed E-state index contributed by atoms with van der Waals surface area (Å²) in [5, 5.41) is 0. The Hall–Kier alpha value is 0.660. The van der Waals surface area contributed by atoms with Gasteiger partial charge in [-0.2, -0.15) is 47.0 Å². The van der Waals surface area contributed by atoms with Crippen LogP contribution in [0.3, 0.4) is 0 Å². The summed E-state index contributed by atoms with van der Waals surface area (Å²) in [6.07, 6.45) is 17.4. The van der Waals surface area contributed by atoms with Gasteiger partial charge in [-0.15, -0.1) is 0 Å². The van der Waals surface area contributed by atoms with Crippen molar-refractivity contribution in [1.29, 1.82) is 0 Å². The maximum Gasteiger partial charge on any atom is 0.150 e. The van der Waals surface area contributed by atoms with Crippen LogP contribution in [0.1, 0.15) is 77.0 Å². The van der Waals surface area contributed by atoms with E-state index in [1.54, 1.807) is 23.5 Å². The zero-order valence-corrected chi connectivity index (χ0v) is 23.8. The predicted molar refractivity (Wildman–Crippen MR) is 153 cm³/mol. The molecule has 32 heavy (non-hydrogen) atoms. The van der Waals surface area contributed by atoms with Gasteiger partial charge in [-0.3, -0.25) is 9.59 Å². The quantitative estimate of drug-likeness (QED) is 0.148. The van der Waals surface area contributed by atoms with Gasteiger partial charge in [-0.1, -0.05) is 38.5 Å². The van der Waals surface area contributed by atoms with Gasteiger partial charge in [0.2, 0.25) is 0 Å². The van der Waals surface area contributed by atoms with Crippen molar-refractivity contribution in [3.05, 3.63) is 0 Å². The van der Waals surface area contributed by atoms with Gasteiger partial charge in [0.25, 0.3) is 0 Å². The van der Waals surface area contributed by atoms with E-state index in [0.717, 1.165) is 47.4 Å². The van der Waals surface area contributed by atoms with E-state index in [2.05, 4.69) is 0 Å². The second-order valence-corrected chi connectivity index (χ2v) is 12.7. The third kappa shape index (κ3) is 21.2. The van der Waals surface area contributed by atoms with Crippen LogP contribution < -0.4 is 11.5 Å². The van der Waals surface area contributed by atoms with Gasteiger partial charge >= 0.3 is 0 Å². The molecule has 0 aromatic carbocycles. The van der Waals surface area contributed by atoms with Crippen LogP contribution in [0.5, 0.6) is 0 Å². The standard InChI is InChI=1S/C24H48N2O2S4/c1-29-17-11-21(25)23(27)13-19-31-15-9-7-5-3-4-6-8-10-16-32-20-14-24(28)22(26)12-18-30-2/h21-22H,3-20,25-26H2,1-2H3. The Kier molecular flexibility index (Phi) is 25.3. The summed E-state index contributed by atoms with van der Waals surface area (Å²) in [5.41, 5.74) is 11.8. The van der Waals surface area contributed by atoms with Crippen molar-refractivity contribution in [3.63, 3.8) is 0 Å². The van der Waals surface area contributed by atoms with Gasteiger partial charge in [0.1, 0.15) is 11.6 Å². The van der Waals surface area contributed by atoms with E-state index in [-0.39, 0.29) is 23.7 Å². The summed E-state index contributed by atoms with van der Waals surface area (Å²) < 4.78 is 0. The Morgan fingerprint density at radius 2 is 0.906 bits per heavy atom. The van der Waals surface area contributed by atoms with Crippen molar-refractivity contribution >= 4 is 58.6 Å². The number of carbonyl (C=O) groups excluding carboxylic acids is 2. The Bertz CT molecular complexity index is 416. The first-order valence-electron chi connectivity index (χ1n) is 12.2. The topological polar surface area (TPSA) is 86.2 Å². The highest BCUT2D eigenvalue weighted by atomic mass is 32.2. The first-order chi connectivity index (χ1) is 15.5. The number of thioether (sulfide) groups is 4. The Morgan fingerprint density at radius 1 is 0.562 bits per heavy atom. The second-order valence-electron chi connectivity index (χ2n) is 8.26. The molecule has 0 saturated carbocycles. The molecule has 2 unspecified atom stereocenters. The zero-order chi connectivity index (χ0) is 23.9. The molecule has 0 bridgehead atoms. The summed E-state index contributed by atoms with van der Waals surface area (Å²) in [7, 11) is 0. The molecular formula is C24H48N2O2S4. The van der Waals surface area contributed by atoms with Crippen LogP contribution >= 0.6 is 47.0 Å². The molecule has 8 heteroatoms. The van der Waals surface area contributed by atoms with E-state index >= 15 is 0 Å².